The zero-order valence-corrected chi connectivity index (χ0v) is 17.2. The molecular weight excluding hydrogens is 418 g/mol. The van der Waals surface area contributed by atoms with Crippen molar-refractivity contribution >= 4 is 35.6 Å². The topological polar surface area (TPSA) is 237 Å². The van der Waals surface area contributed by atoms with Gasteiger partial charge in [-0.25, -0.2) is 4.79 Å². The fourth-order valence-electron chi connectivity index (χ4n) is 2.13. The van der Waals surface area contributed by atoms with E-state index in [-0.39, 0.29) is 5.92 Å². The molecule has 14 nitrogen and oxygen atoms in total. The van der Waals surface area contributed by atoms with E-state index in [1.54, 1.807) is 6.92 Å². The van der Waals surface area contributed by atoms with Gasteiger partial charge in [-0.2, -0.15) is 0 Å². The first kappa shape index (κ1) is 27.7. The number of amides is 4. The van der Waals surface area contributed by atoms with Gasteiger partial charge in [0.25, 0.3) is 0 Å². The van der Waals surface area contributed by atoms with E-state index < -0.39 is 79.8 Å². The minimum Gasteiger partial charge on any atom is -0.481 e. The molecule has 0 aromatic heterocycles. The first-order valence-electron chi connectivity index (χ1n) is 9.38. The number of aliphatic hydroxyl groups is 1. The summed E-state index contributed by atoms with van der Waals surface area (Å²) in [5.74, 6) is -6.43. The number of carboxylic acids is 2. The van der Waals surface area contributed by atoms with Gasteiger partial charge in [-0.3, -0.25) is 24.0 Å². The summed E-state index contributed by atoms with van der Waals surface area (Å²) in [7, 11) is 0. The Balaban J connectivity index is 4.68. The summed E-state index contributed by atoms with van der Waals surface area (Å²) in [6, 6.07) is -3.96. The molecule has 0 heterocycles. The van der Waals surface area contributed by atoms with E-state index in [9.17, 15) is 28.8 Å². The number of aliphatic carboxylic acids is 2. The second-order valence-corrected chi connectivity index (χ2v) is 6.71. The summed E-state index contributed by atoms with van der Waals surface area (Å²) in [5.41, 5.74) is 5.76. The SMILES string of the molecule is CC[C@H](C)[C@H](N)C(=O)N[C@@H](CC(=O)O)C(=O)NCC(=O)NCC(=O)N[C@@H](CO)C(=O)O. The lowest BCUT2D eigenvalue weighted by atomic mass is 9.99. The highest BCUT2D eigenvalue weighted by Gasteiger charge is 2.28. The molecule has 0 bridgehead atoms. The Labute approximate surface area is 177 Å². The molecule has 0 aromatic rings. The third-order valence-corrected chi connectivity index (χ3v) is 4.26. The van der Waals surface area contributed by atoms with Gasteiger partial charge < -0.3 is 42.3 Å². The van der Waals surface area contributed by atoms with Gasteiger partial charge in [0.2, 0.25) is 23.6 Å². The Hall–Kier alpha value is -3.26. The van der Waals surface area contributed by atoms with Crippen LogP contribution in [-0.2, 0) is 28.8 Å². The van der Waals surface area contributed by atoms with Crippen molar-refractivity contribution in [2.75, 3.05) is 19.7 Å². The predicted molar refractivity (Wildman–Crippen MR) is 104 cm³/mol. The van der Waals surface area contributed by atoms with E-state index >= 15 is 0 Å². The zero-order valence-electron chi connectivity index (χ0n) is 17.2. The zero-order chi connectivity index (χ0) is 24.1. The highest BCUT2D eigenvalue weighted by molar-refractivity contribution is 5.94. The number of rotatable bonds is 14. The molecule has 0 radical (unpaired) electrons. The van der Waals surface area contributed by atoms with Crippen molar-refractivity contribution in [3.05, 3.63) is 0 Å². The molecule has 4 atom stereocenters. The number of carbonyl (C=O) groups excluding carboxylic acids is 4. The first-order valence-corrected chi connectivity index (χ1v) is 9.38. The van der Waals surface area contributed by atoms with E-state index in [0.717, 1.165) is 0 Å². The molecule has 0 aliphatic carbocycles. The standard InChI is InChI=1S/C17H29N5O9/c1-3-8(2)14(18)16(29)22-9(4-13(26)27)15(28)20-5-11(24)19-6-12(25)21-10(7-23)17(30)31/h8-10,14,23H,3-7,18H2,1-2H3,(H,19,24)(H,20,28)(H,21,25)(H,22,29)(H,26,27)(H,30,31)/t8-,9-,10-,14-/m0/s1. The summed E-state index contributed by atoms with van der Waals surface area (Å²) >= 11 is 0. The molecule has 176 valence electrons. The van der Waals surface area contributed by atoms with Crippen molar-refractivity contribution in [3.8, 4) is 0 Å². The quantitative estimate of drug-likeness (QED) is 0.129. The molecule has 0 unspecified atom stereocenters. The van der Waals surface area contributed by atoms with Gasteiger partial charge in [-0.1, -0.05) is 20.3 Å². The fraction of sp³-hybridized carbons (Fsp3) is 0.647. The summed E-state index contributed by atoms with van der Waals surface area (Å²) < 4.78 is 0. The number of aliphatic hydroxyl groups excluding tert-OH is 1. The number of hydrogen-bond donors (Lipinski definition) is 8. The maximum Gasteiger partial charge on any atom is 0.328 e. The Bertz CT molecular complexity index is 685. The second-order valence-electron chi connectivity index (χ2n) is 6.71. The van der Waals surface area contributed by atoms with Crippen LogP contribution in [0.4, 0.5) is 0 Å². The average molecular weight is 447 g/mol. The van der Waals surface area contributed by atoms with E-state index in [1.165, 1.54) is 0 Å². The Morgan fingerprint density at radius 1 is 0.871 bits per heavy atom. The molecule has 0 spiro atoms. The van der Waals surface area contributed by atoms with Crippen LogP contribution in [-0.4, -0.2) is 88.7 Å². The van der Waals surface area contributed by atoms with Crippen molar-refractivity contribution in [2.45, 2.75) is 44.8 Å². The molecule has 0 aliphatic heterocycles. The van der Waals surface area contributed by atoms with Crippen LogP contribution in [0, 0.1) is 5.92 Å². The molecular formula is C17H29N5O9. The van der Waals surface area contributed by atoms with Gasteiger partial charge >= 0.3 is 11.9 Å². The molecule has 31 heavy (non-hydrogen) atoms. The molecule has 0 saturated carbocycles. The maximum absolute atomic E-state index is 12.2. The van der Waals surface area contributed by atoms with E-state index in [0.29, 0.717) is 6.42 Å². The van der Waals surface area contributed by atoms with Gasteiger partial charge in [-0.15, -0.1) is 0 Å². The number of nitrogens with two attached hydrogens (primary N) is 1. The van der Waals surface area contributed by atoms with Crippen LogP contribution in [0.5, 0.6) is 0 Å². The maximum atomic E-state index is 12.2. The monoisotopic (exact) mass is 447 g/mol. The summed E-state index contributed by atoms with van der Waals surface area (Å²) in [6.07, 6.45) is -0.157. The molecule has 0 fully saturated rings. The lowest BCUT2D eigenvalue weighted by Crippen LogP contribution is -2.55. The highest BCUT2D eigenvalue weighted by atomic mass is 16.4. The minimum absolute atomic E-state index is 0.211. The fourth-order valence-corrected chi connectivity index (χ4v) is 2.13. The van der Waals surface area contributed by atoms with Crippen molar-refractivity contribution in [3.63, 3.8) is 0 Å². The number of nitrogens with one attached hydrogen (secondary N) is 4. The van der Waals surface area contributed by atoms with Gasteiger partial charge in [0.05, 0.1) is 32.2 Å². The van der Waals surface area contributed by atoms with Crippen molar-refractivity contribution in [2.24, 2.45) is 11.7 Å². The minimum atomic E-state index is -1.54. The molecule has 0 saturated heterocycles. The Morgan fingerprint density at radius 2 is 1.45 bits per heavy atom. The van der Waals surface area contributed by atoms with Crippen LogP contribution in [0.15, 0.2) is 0 Å². The molecule has 14 heteroatoms. The van der Waals surface area contributed by atoms with Crippen LogP contribution in [0.1, 0.15) is 26.7 Å². The molecule has 0 aromatic carbocycles. The van der Waals surface area contributed by atoms with E-state index in [2.05, 4.69) is 16.0 Å². The highest BCUT2D eigenvalue weighted by Crippen LogP contribution is 2.06. The largest absolute Gasteiger partial charge is 0.481 e. The summed E-state index contributed by atoms with van der Waals surface area (Å²) in [6.45, 7) is 1.41. The van der Waals surface area contributed by atoms with Crippen LogP contribution in [0.25, 0.3) is 0 Å². The van der Waals surface area contributed by atoms with Gasteiger partial charge in [0.1, 0.15) is 12.1 Å². The van der Waals surface area contributed by atoms with Gasteiger partial charge in [0, 0.05) is 0 Å². The van der Waals surface area contributed by atoms with Crippen LogP contribution < -0.4 is 27.0 Å². The second kappa shape index (κ2) is 13.9. The van der Waals surface area contributed by atoms with Crippen molar-refractivity contribution in [1.82, 2.24) is 21.3 Å². The molecule has 9 N–H and O–H groups in total. The number of carboxylic acid groups (broad SMARTS) is 2. The van der Waals surface area contributed by atoms with Crippen molar-refractivity contribution in [1.29, 1.82) is 0 Å². The van der Waals surface area contributed by atoms with Crippen LogP contribution >= 0.6 is 0 Å². The molecule has 4 amide bonds. The van der Waals surface area contributed by atoms with Crippen LogP contribution in [0.2, 0.25) is 0 Å². The first-order chi connectivity index (χ1) is 14.4. The van der Waals surface area contributed by atoms with Crippen molar-refractivity contribution < 1.29 is 44.1 Å². The number of hydrogen-bond acceptors (Lipinski definition) is 8. The van der Waals surface area contributed by atoms with Gasteiger partial charge in [-0.05, 0) is 5.92 Å². The lowest BCUT2D eigenvalue weighted by molar-refractivity contribution is -0.142. The van der Waals surface area contributed by atoms with Gasteiger partial charge in [0.15, 0.2) is 0 Å². The van der Waals surface area contributed by atoms with E-state index in [4.69, 9.17) is 21.1 Å². The smallest absolute Gasteiger partial charge is 0.328 e. The summed E-state index contributed by atoms with van der Waals surface area (Å²) in [5, 5.41) is 34.9. The van der Waals surface area contributed by atoms with E-state index in [1.807, 2.05) is 12.2 Å². The molecule has 0 rings (SSSR count). The third kappa shape index (κ3) is 10.9. The third-order valence-electron chi connectivity index (χ3n) is 4.26. The normalized spacial score (nSPS) is 14.3. The van der Waals surface area contributed by atoms with Crippen LogP contribution in [0.3, 0.4) is 0 Å². The Morgan fingerprint density at radius 3 is 1.94 bits per heavy atom. The lowest BCUT2D eigenvalue weighted by Gasteiger charge is -2.22. The number of carbonyl (C=O) groups is 6. The average Bonchev–Trinajstić information content (AvgIpc) is 2.71. The Kier molecular flexibility index (Phi) is 12.4. The predicted octanol–water partition coefficient (Wildman–Crippen LogP) is -3.89. The summed E-state index contributed by atoms with van der Waals surface area (Å²) in [4.78, 5) is 69.3. The molecule has 0 aliphatic rings.